The Labute approximate surface area is 124 Å². The maximum atomic E-state index is 12.5. The van der Waals surface area contributed by atoms with E-state index in [4.69, 9.17) is 0 Å². The molecule has 1 saturated carbocycles. The molecule has 112 valence electrons. The van der Waals surface area contributed by atoms with E-state index in [1.807, 2.05) is 39.5 Å². The van der Waals surface area contributed by atoms with Crippen LogP contribution in [0.4, 0.5) is 0 Å². The summed E-state index contributed by atoms with van der Waals surface area (Å²) < 4.78 is 0. The van der Waals surface area contributed by atoms with Gasteiger partial charge in [-0.1, -0.05) is 11.8 Å². The molecular weight excluding hydrogens is 272 g/mol. The maximum absolute atomic E-state index is 12.5. The van der Waals surface area contributed by atoms with Gasteiger partial charge in [0.25, 0.3) is 0 Å². The highest BCUT2D eigenvalue weighted by atomic mass is 32.2. The van der Waals surface area contributed by atoms with Gasteiger partial charge >= 0.3 is 0 Å². The van der Waals surface area contributed by atoms with Gasteiger partial charge in [-0.25, -0.2) is 4.98 Å². The average Bonchev–Trinajstić information content (AvgIpc) is 3.09. The van der Waals surface area contributed by atoms with Crippen LogP contribution in [0.15, 0.2) is 5.16 Å². The number of aromatic amines is 1. The largest absolute Gasteiger partial charge is 0.337 e. The lowest BCUT2D eigenvalue weighted by Crippen LogP contribution is -2.45. The molecule has 1 heterocycles. The summed E-state index contributed by atoms with van der Waals surface area (Å²) in [5.41, 5.74) is 0. The van der Waals surface area contributed by atoms with Gasteiger partial charge in [0, 0.05) is 18.0 Å². The number of carbonyl (C=O) groups is 1. The van der Waals surface area contributed by atoms with Gasteiger partial charge in [-0.2, -0.15) is 0 Å². The van der Waals surface area contributed by atoms with E-state index in [-0.39, 0.29) is 23.2 Å². The van der Waals surface area contributed by atoms with Crippen LogP contribution in [0.25, 0.3) is 0 Å². The van der Waals surface area contributed by atoms with Gasteiger partial charge in [0.1, 0.15) is 5.82 Å². The van der Waals surface area contributed by atoms with Crippen molar-refractivity contribution in [1.29, 1.82) is 0 Å². The normalized spacial score (nSPS) is 16.8. The third-order valence-corrected chi connectivity index (χ3v) is 4.39. The van der Waals surface area contributed by atoms with E-state index in [0.717, 1.165) is 5.82 Å². The molecular formula is C14H24N4OS. The summed E-state index contributed by atoms with van der Waals surface area (Å²) in [5, 5.41) is 7.70. The van der Waals surface area contributed by atoms with Crippen LogP contribution < -0.4 is 0 Å². The number of nitrogens with one attached hydrogen (secondary N) is 1. The van der Waals surface area contributed by atoms with Crippen LogP contribution in [0.5, 0.6) is 0 Å². The van der Waals surface area contributed by atoms with Crippen LogP contribution in [0.1, 0.15) is 59.2 Å². The molecule has 1 aliphatic rings. The van der Waals surface area contributed by atoms with Crippen LogP contribution in [0.3, 0.4) is 0 Å². The van der Waals surface area contributed by atoms with E-state index in [1.165, 1.54) is 24.6 Å². The Balaban J connectivity index is 1.98. The number of nitrogens with zero attached hydrogens (tertiary/aromatic N) is 3. The molecule has 20 heavy (non-hydrogen) atoms. The number of amides is 1. The fourth-order valence-electron chi connectivity index (χ4n) is 2.37. The van der Waals surface area contributed by atoms with Crippen molar-refractivity contribution < 1.29 is 4.79 Å². The summed E-state index contributed by atoms with van der Waals surface area (Å²) in [5.74, 6) is 1.68. The zero-order chi connectivity index (χ0) is 14.9. The Morgan fingerprint density at radius 2 is 1.85 bits per heavy atom. The minimum Gasteiger partial charge on any atom is -0.337 e. The zero-order valence-electron chi connectivity index (χ0n) is 12.9. The smallest absolute Gasteiger partial charge is 0.236 e. The maximum Gasteiger partial charge on any atom is 0.236 e. The van der Waals surface area contributed by atoms with E-state index in [1.54, 1.807) is 0 Å². The molecule has 0 saturated heterocycles. The number of hydrogen-bond donors (Lipinski definition) is 1. The standard InChI is InChI=1S/C14H24N4OS/c1-8(2)18(9(3)4)13(19)10(5)20-14-15-12(16-17-14)11-6-7-11/h8-11H,6-7H2,1-5H3,(H,15,16,17). The molecule has 0 bridgehead atoms. The molecule has 0 radical (unpaired) electrons. The highest BCUT2D eigenvalue weighted by Gasteiger charge is 2.29. The molecule has 0 aromatic carbocycles. The van der Waals surface area contributed by atoms with Gasteiger partial charge in [-0.3, -0.25) is 9.89 Å². The Hall–Kier alpha value is -1.04. The zero-order valence-corrected chi connectivity index (χ0v) is 13.7. The number of hydrogen-bond acceptors (Lipinski definition) is 4. The molecule has 5 nitrogen and oxygen atoms in total. The molecule has 0 aliphatic heterocycles. The first-order valence-corrected chi connectivity index (χ1v) is 8.19. The van der Waals surface area contributed by atoms with Crippen molar-refractivity contribution in [2.24, 2.45) is 0 Å². The predicted octanol–water partition coefficient (Wildman–Crippen LogP) is 2.81. The van der Waals surface area contributed by atoms with Gasteiger partial charge < -0.3 is 4.90 Å². The molecule has 1 aromatic rings. The van der Waals surface area contributed by atoms with Crippen LogP contribution in [0.2, 0.25) is 0 Å². The summed E-state index contributed by atoms with van der Waals surface area (Å²) in [6.07, 6.45) is 2.39. The van der Waals surface area contributed by atoms with Crippen LogP contribution >= 0.6 is 11.8 Å². The minimum absolute atomic E-state index is 0.151. The predicted molar refractivity (Wildman–Crippen MR) is 80.8 cm³/mol. The van der Waals surface area contributed by atoms with Crippen molar-refractivity contribution in [2.75, 3.05) is 0 Å². The first-order valence-electron chi connectivity index (χ1n) is 7.31. The van der Waals surface area contributed by atoms with Crippen LogP contribution in [-0.2, 0) is 4.79 Å². The summed E-state index contributed by atoms with van der Waals surface area (Å²) in [7, 11) is 0. The van der Waals surface area contributed by atoms with Gasteiger partial charge in [0.15, 0.2) is 0 Å². The van der Waals surface area contributed by atoms with Crippen molar-refractivity contribution in [1.82, 2.24) is 20.1 Å². The lowest BCUT2D eigenvalue weighted by Gasteiger charge is -2.32. The molecule has 1 aromatic heterocycles. The van der Waals surface area contributed by atoms with Crippen LogP contribution in [-0.4, -0.2) is 43.3 Å². The van der Waals surface area contributed by atoms with Crippen molar-refractivity contribution >= 4 is 17.7 Å². The van der Waals surface area contributed by atoms with Crippen molar-refractivity contribution in [3.8, 4) is 0 Å². The molecule has 2 rings (SSSR count). The van der Waals surface area contributed by atoms with E-state index in [0.29, 0.717) is 11.1 Å². The molecule has 1 fully saturated rings. The van der Waals surface area contributed by atoms with Crippen LogP contribution in [0, 0.1) is 0 Å². The Morgan fingerprint density at radius 3 is 2.35 bits per heavy atom. The van der Waals surface area contributed by atoms with Crippen molar-refractivity contribution in [3.05, 3.63) is 5.82 Å². The fourth-order valence-corrected chi connectivity index (χ4v) is 3.16. The van der Waals surface area contributed by atoms with E-state index in [9.17, 15) is 4.79 Å². The summed E-state index contributed by atoms with van der Waals surface area (Å²) in [6.45, 7) is 10.1. The van der Waals surface area contributed by atoms with E-state index in [2.05, 4.69) is 15.2 Å². The molecule has 1 N–H and O–H groups in total. The number of carbonyl (C=O) groups excluding carboxylic acids is 1. The number of rotatable bonds is 6. The van der Waals surface area contributed by atoms with Crippen molar-refractivity contribution in [3.63, 3.8) is 0 Å². The molecule has 1 unspecified atom stereocenters. The fraction of sp³-hybridized carbons (Fsp3) is 0.786. The second-order valence-electron chi connectivity index (χ2n) is 5.97. The third-order valence-electron chi connectivity index (χ3n) is 3.44. The summed E-state index contributed by atoms with van der Waals surface area (Å²) in [4.78, 5) is 18.9. The number of H-pyrrole nitrogens is 1. The third kappa shape index (κ3) is 3.53. The van der Waals surface area contributed by atoms with Gasteiger partial charge in [0.05, 0.1) is 5.25 Å². The molecule has 6 heteroatoms. The highest BCUT2D eigenvalue weighted by Crippen LogP contribution is 2.38. The first kappa shape index (κ1) is 15.4. The molecule has 0 spiro atoms. The second kappa shape index (κ2) is 6.16. The number of thioether (sulfide) groups is 1. The molecule has 1 atom stereocenters. The van der Waals surface area contributed by atoms with Gasteiger partial charge in [-0.15, -0.1) is 5.10 Å². The van der Waals surface area contributed by atoms with Crippen molar-refractivity contribution in [2.45, 2.75) is 75.9 Å². The minimum atomic E-state index is -0.164. The summed E-state index contributed by atoms with van der Waals surface area (Å²) in [6, 6.07) is 0.416. The molecule has 1 aliphatic carbocycles. The quantitative estimate of drug-likeness (QED) is 0.820. The summed E-state index contributed by atoms with van der Waals surface area (Å²) >= 11 is 1.44. The Bertz CT molecular complexity index is 459. The first-order chi connectivity index (χ1) is 9.40. The SMILES string of the molecule is CC(Sc1n[nH]c(C2CC2)n1)C(=O)N(C(C)C)C(C)C. The Kier molecular flexibility index (Phi) is 4.73. The topological polar surface area (TPSA) is 61.9 Å². The van der Waals surface area contributed by atoms with E-state index < -0.39 is 0 Å². The van der Waals surface area contributed by atoms with E-state index >= 15 is 0 Å². The Morgan fingerprint density at radius 1 is 1.25 bits per heavy atom. The van der Waals surface area contributed by atoms with Gasteiger partial charge in [0.2, 0.25) is 11.1 Å². The lowest BCUT2D eigenvalue weighted by atomic mass is 10.2. The molecule has 1 amide bonds. The number of aromatic nitrogens is 3. The second-order valence-corrected chi connectivity index (χ2v) is 7.28. The highest BCUT2D eigenvalue weighted by molar-refractivity contribution is 8.00. The van der Waals surface area contributed by atoms with Gasteiger partial charge in [-0.05, 0) is 47.5 Å². The average molecular weight is 296 g/mol. The monoisotopic (exact) mass is 296 g/mol. The lowest BCUT2D eigenvalue weighted by molar-refractivity contribution is -0.133.